The fourth-order valence-corrected chi connectivity index (χ4v) is 3.39. The number of phenolic OH excluding ortho intramolecular Hbond substituents is 1. The summed E-state index contributed by atoms with van der Waals surface area (Å²) in [6.45, 7) is 2.08. The van der Waals surface area contributed by atoms with Gasteiger partial charge in [-0.3, -0.25) is 4.40 Å². The Labute approximate surface area is 119 Å². The number of nitrogens with zero attached hydrogens (tertiary/aromatic N) is 2. The molecular formula is C16H12N2OS. The van der Waals surface area contributed by atoms with Crippen LogP contribution in [0.15, 0.2) is 48.7 Å². The Hall–Kier alpha value is -2.33. The predicted octanol–water partition coefficient (Wildman–Crippen LogP) is 4.23. The summed E-state index contributed by atoms with van der Waals surface area (Å²) >= 11 is 1.59. The van der Waals surface area contributed by atoms with Crippen molar-refractivity contribution in [2.24, 2.45) is 0 Å². The average Bonchev–Trinajstić information content (AvgIpc) is 2.96. The van der Waals surface area contributed by atoms with E-state index < -0.39 is 0 Å². The van der Waals surface area contributed by atoms with Crippen molar-refractivity contribution in [3.8, 4) is 17.0 Å². The van der Waals surface area contributed by atoms with Crippen LogP contribution in [0.25, 0.3) is 26.4 Å². The summed E-state index contributed by atoms with van der Waals surface area (Å²) in [4.78, 5) is 5.62. The summed E-state index contributed by atoms with van der Waals surface area (Å²) < 4.78 is 3.12. The molecule has 4 aromatic rings. The fraction of sp³-hybridized carbons (Fsp3) is 0.0625. The number of aromatic nitrogens is 2. The van der Waals surface area contributed by atoms with Crippen molar-refractivity contribution >= 4 is 26.5 Å². The molecule has 0 radical (unpaired) electrons. The van der Waals surface area contributed by atoms with Gasteiger partial charge in [0.05, 0.1) is 15.9 Å². The second kappa shape index (κ2) is 4.08. The van der Waals surface area contributed by atoms with Crippen LogP contribution in [0.2, 0.25) is 0 Å². The summed E-state index contributed by atoms with van der Waals surface area (Å²) in [5, 5.41) is 9.53. The number of aryl methyl sites for hydroxylation is 1. The molecule has 0 unspecified atom stereocenters. The monoisotopic (exact) mass is 280 g/mol. The third-order valence-corrected chi connectivity index (χ3v) is 4.44. The molecule has 2 heterocycles. The maximum atomic E-state index is 9.53. The van der Waals surface area contributed by atoms with Gasteiger partial charge in [-0.05, 0) is 25.1 Å². The van der Waals surface area contributed by atoms with Crippen LogP contribution in [0.1, 0.15) is 5.56 Å². The van der Waals surface area contributed by atoms with E-state index in [2.05, 4.69) is 46.8 Å². The summed E-state index contributed by atoms with van der Waals surface area (Å²) in [6, 6.07) is 13.8. The van der Waals surface area contributed by atoms with Crippen LogP contribution in [0.5, 0.6) is 5.75 Å². The minimum atomic E-state index is 0.292. The largest absolute Gasteiger partial charge is 0.508 e. The Bertz CT molecular complexity index is 919. The molecule has 3 nitrogen and oxygen atoms in total. The van der Waals surface area contributed by atoms with Gasteiger partial charge in [-0.2, -0.15) is 0 Å². The Morgan fingerprint density at radius 2 is 1.90 bits per heavy atom. The van der Waals surface area contributed by atoms with Gasteiger partial charge in [0.25, 0.3) is 0 Å². The highest BCUT2D eigenvalue weighted by atomic mass is 32.1. The molecule has 0 amide bonds. The van der Waals surface area contributed by atoms with Gasteiger partial charge in [0.2, 0.25) is 0 Å². The lowest BCUT2D eigenvalue weighted by molar-refractivity contribution is 0.476. The van der Waals surface area contributed by atoms with Gasteiger partial charge in [0.1, 0.15) is 5.75 Å². The lowest BCUT2D eigenvalue weighted by Gasteiger charge is -1.97. The standard InChI is InChI=1S/C16H12N2OS/c1-10-2-4-11(5-3-10)13-9-18-14-7-6-12(19)8-15(14)20-16(18)17-13/h2-9,19H,1H3. The lowest BCUT2D eigenvalue weighted by Crippen LogP contribution is -1.78. The van der Waals surface area contributed by atoms with Crippen molar-refractivity contribution in [1.29, 1.82) is 0 Å². The molecule has 0 saturated heterocycles. The highest BCUT2D eigenvalue weighted by Crippen LogP contribution is 2.31. The van der Waals surface area contributed by atoms with Crippen LogP contribution in [-0.4, -0.2) is 14.5 Å². The normalized spacial score (nSPS) is 11.4. The number of benzene rings is 2. The van der Waals surface area contributed by atoms with Crippen LogP contribution in [0.3, 0.4) is 0 Å². The topological polar surface area (TPSA) is 37.5 Å². The number of phenols is 1. The Morgan fingerprint density at radius 1 is 1.10 bits per heavy atom. The first kappa shape index (κ1) is 11.5. The number of rotatable bonds is 1. The molecule has 4 rings (SSSR count). The van der Waals surface area contributed by atoms with Gasteiger partial charge in [0, 0.05) is 11.8 Å². The quantitative estimate of drug-likeness (QED) is 0.566. The van der Waals surface area contributed by atoms with Gasteiger partial charge in [-0.15, -0.1) is 0 Å². The highest BCUT2D eigenvalue weighted by Gasteiger charge is 2.10. The molecule has 0 saturated carbocycles. The third-order valence-electron chi connectivity index (χ3n) is 3.43. The molecule has 0 aliphatic carbocycles. The van der Waals surface area contributed by atoms with Crippen LogP contribution in [0.4, 0.5) is 0 Å². The highest BCUT2D eigenvalue weighted by molar-refractivity contribution is 7.23. The summed E-state index contributed by atoms with van der Waals surface area (Å²) in [5.74, 6) is 0.292. The van der Waals surface area contributed by atoms with Gasteiger partial charge < -0.3 is 5.11 Å². The molecule has 98 valence electrons. The van der Waals surface area contributed by atoms with Crippen molar-refractivity contribution in [3.05, 3.63) is 54.2 Å². The number of fused-ring (bicyclic) bond motifs is 3. The number of thiazole rings is 1. The van der Waals surface area contributed by atoms with Crippen LogP contribution >= 0.6 is 11.3 Å². The lowest BCUT2D eigenvalue weighted by atomic mass is 10.1. The molecular weight excluding hydrogens is 268 g/mol. The Balaban J connectivity index is 1.93. The van der Waals surface area contributed by atoms with Crippen molar-refractivity contribution < 1.29 is 5.11 Å². The Kier molecular flexibility index (Phi) is 2.35. The number of imidazole rings is 1. The second-order valence-corrected chi connectivity index (χ2v) is 5.91. The van der Waals surface area contributed by atoms with E-state index >= 15 is 0 Å². The first-order valence-electron chi connectivity index (χ1n) is 6.38. The molecule has 1 N–H and O–H groups in total. The van der Waals surface area contributed by atoms with Gasteiger partial charge in [0.15, 0.2) is 4.96 Å². The molecule has 0 atom stereocenters. The minimum absolute atomic E-state index is 0.292. The number of hydrogen-bond acceptors (Lipinski definition) is 3. The van der Waals surface area contributed by atoms with Crippen LogP contribution in [0, 0.1) is 6.92 Å². The predicted molar refractivity (Wildman–Crippen MR) is 82.4 cm³/mol. The zero-order chi connectivity index (χ0) is 13.7. The molecule has 0 spiro atoms. The smallest absolute Gasteiger partial charge is 0.195 e. The van der Waals surface area contributed by atoms with Crippen LogP contribution < -0.4 is 0 Å². The SMILES string of the molecule is Cc1ccc(-c2cn3c(n2)sc2cc(O)ccc23)cc1. The molecule has 2 aromatic carbocycles. The van der Waals surface area contributed by atoms with Gasteiger partial charge in [-0.1, -0.05) is 41.2 Å². The van der Waals surface area contributed by atoms with Crippen molar-refractivity contribution in [2.45, 2.75) is 6.92 Å². The van der Waals surface area contributed by atoms with Crippen LogP contribution in [-0.2, 0) is 0 Å². The molecule has 20 heavy (non-hydrogen) atoms. The minimum Gasteiger partial charge on any atom is -0.508 e. The average molecular weight is 280 g/mol. The molecule has 0 fully saturated rings. The number of hydrogen-bond donors (Lipinski definition) is 1. The van der Waals surface area contributed by atoms with E-state index in [-0.39, 0.29) is 0 Å². The van der Waals surface area contributed by atoms with E-state index in [9.17, 15) is 5.11 Å². The zero-order valence-electron chi connectivity index (χ0n) is 10.9. The maximum absolute atomic E-state index is 9.53. The van der Waals surface area contributed by atoms with E-state index in [1.807, 2.05) is 6.07 Å². The molecule has 4 heteroatoms. The molecule has 0 aliphatic heterocycles. The summed E-state index contributed by atoms with van der Waals surface area (Å²) in [7, 11) is 0. The number of aromatic hydroxyl groups is 1. The van der Waals surface area contributed by atoms with Gasteiger partial charge in [-0.25, -0.2) is 4.98 Å². The molecule has 0 bridgehead atoms. The van der Waals surface area contributed by atoms with E-state index in [1.54, 1.807) is 23.5 Å². The van der Waals surface area contributed by atoms with E-state index in [4.69, 9.17) is 0 Å². The van der Waals surface area contributed by atoms with E-state index in [0.717, 1.165) is 26.4 Å². The molecule has 2 aromatic heterocycles. The summed E-state index contributed by atoms with van der Waals surface area (Å²) in [6.07, 6.45) is 2.05. The first-order chi connectivity index (χ1) is 9.70. The van der Waals surface area contributed by atoms with E-state index in [0.29, 0.717) is 5.75 Å². The van der Waals surface area contributed by atoms with Crippen molar-refractivity contribution in [1.82, 2.24) is 9.38 Å². The third kappa shape index (κ3) is 1.69. The zero-order valence-corrected chi connectivity index (χ0v) is 11.7. The fourth-order valence-electron chi connectivity index (χ4n) is 2.35. The summed E-state index contributed by atoms with van der Waals surface area (Å²) in [5.41, 5.74) is 4.43. The second-order valence-electron chi connectivity index (χ2n) is 4.90. The maximum Gasteiger partial charge on any atom is 0.195 e. The van der Waals surface area contributed by atoms with Crippen molar-refractivity contribution in [3.63, 3.8) is 0 Å². The van der Waals surface area contributed by atoms with Gasteiger partial charge >= 0.3 is 0 Å². The molecule has 0 aliphatic rings. The van der Waals surface area contributed by atoms with E-state index in [1.165, 1.54) is 5.56 Å². The van der Waals surface area contributed by atoms with Crippen molar-refractivity contribution in [2.75, 3.05) is 0 Å². The Morgan fingerprint density at radius 3 is 2.70 bits per heavy atom. The first-order valence-corrected chi connectivity index (χ1v) is 7.20.